The zero-order valence-electron chi connectivity index (χ0n) is 25.7. The van der Waals surface area contributed by atoms with Gasteiger partial charge in [-0.25, -0.2) is 4.79 Å². The van der Waals surface area contributed by atoms with Gasteiger partial charge in [0.2, 0.25) is 5.91 Å². The Labute approximate surface area is 240 Å². The Morgan fingerprint density at radius 1 is 1.20 bits per heavy atom. The van der Waals surface area contributed by atoms with Crippen molar-refractivity contribution < 1.29 is 38.7 Å². The quantitative estimate of drug-likeness (QED) is 0.146. The third kappa shape index (κ3) is 9.94. The number of allylic oxidation sites excluding steroid dienone is 3. The molecular formula is C31H53NO8. The van der Waals surface area contributed by atoms with Crippen molar-refractivity contribution >= 4 is 11.9 Å². The average molecular weight is 568 g/mol. The second kappa shape index (κ2) is 16.0. The van der Waals surface area contributed by atoms with Gasteiger partial charge in [-0.05, 0) is 70.3 Å². The number of rotatable bonds is 16. The first-order valence-electron chi connectivity index (χ1n) is 14.7. The molecule has 10 atom stereocenters. The predicted octanol–water partition coefficient (Wildman–Crippen LogP) is 3.71. The molecule has 1 amide bonds. The van der Waals surface area contributed by atoms with E-state index in [2.05, 4.69) is 58.2 Å². The predicted molar refractivity (Wildman–Crippen MR) is 154 cm³/mol. The second-order valence-corrected chi connectivity index (χ2v) is 12.1. The highest BCUT2D eigenvalue weighted by atomic mass is 16.6. The molecule has 0 bridgehead atoms. The molecule has 2 fully saturated rings. The van der Waals surface area contributed by atoms with Crippen LogP contribution in [0.25, 0.3) is 0 Å². The summed E-state index contributed by atoms with van der Waals surface area (Å²) in [5.74, 6) is -0.0364. The van der Waals surface area contributed by atoms with Gasteiger partial charge < -0.3 is 34.5 Å². The summed E-state index contributed by atoms with van der Waals surface area (Å²) in [6.07, 6.45) is 8.79. The monoisotopic (exact) mass is 567 g/mol. The maximum absolute atomic E-state index is 12.7. The standard InChI is InChI=1S/C31H53NO8/c1-19(18-31(6)29(40-31)22(4)28(37-7)23(5)34)11-9-12-20(2)27-21(3)14-15-24(39-27)17-26(35)32-25(13-10-16-33)30(36)38-8/h9,11-12,19,21-25,27-29,33-34H,10,13-18H2,1-8H3,(H,32,35)/b11-9+,20-12+/t19-,21+,22-,23-,24-,25+,27-,28-,29+,31-/m1/s1. The molecule has 0 spiro atoms. The Balaban J connectivity index is 1.90. The fourth-order valence-corrected chi connectivity index (χ4v) is 6.17. The number of amides is 1. The molecule has 0 aliphatic carbocycles. The van der Waals surface area contributed by atoms with Gasteiger partial charge in [0, 0.05) is 19.6 Å². The molecule has 230 valence electrons. The number of hydrogen-bond donors (Lipinski definition) is 3. The molecule has 2 rings (SSSR count). The molecule has 9 nitrogen and oxygen atoms in total. The number of aliphatic hydroxyl groups excluding tert-OH is 2. The van der Waals surface area contributed by atoms with E-state index in [9.17, 15) is 14.7 Å². The van der Waals surface area contributed by atoms with Crippen LogP contribution in [0.1, 0.15) is 80.1 Å². The average Bonchev–Trinajstić information content (AvgIpc) is 3.57. The number of methoxy groups -OCH3 is 2. The van der Waals surface area contributed by atoms with Crippen LogP contribution in [0.4, 0.5) is 0 Å². The number of hydrogen-bond acceptors (Lipinski definition) is 8. The van der Waals surface area contributed by atoms with E-state index in [1.165, 1.54) is 7.11 Å². The Kier molecular flexibility index (Phi) is 13.8. The minimum atomic E-state index is -0.766. The number of nitrogens with one attached hydrogen (secondary N) is 1. The van der Waals surface area contributed by atoms with Gasteiger partial charge in [0.1, 0.15) is 6.04 Å². The molecular weight excluding hydrogens is 514 g/mol. The summed E-state index contributed by atoms with van der Waals surface area (Å²) >= 11 is 0. The number of carbonyl (C=O) groups excluding carboxylic acids is 2. The molecule has 2 aliphatic heterocycles. The molecule has 0 saturated carbocycles. The lowest BCUT2D eigenvalue weighted by molar-refractivity contribution is -0.146. The zero-order chi connectivity index (χ0) is 30.0. The van der Waals surface area contributed by atoms with Crippen LogP contribution >= 0.6 is 0 Å². The number of carbonyl (C=O) groups is 2. The second-order valence-electron chi connectivity index (χ2n) is 12.1. The lowest BCUT2D eigenvalue weighted by Gasteiger charge is -2.35. The van der Waals surface area contributed by atoms with Crippen LogP contribution < -0.4 is 5.32 Å². The third-order valence-electron chi connectivity index (χ3n) is 8.34. The van der Waals surface area contributed by atoms with Crippen molar-refractivity contribution in [3.63, 3.8) is 0 Å². The molecule has 2 saturated heterocycles. The fraction of sp³-hybridized carbons (Fsp3) is 0.806. The van der Waals surface area contributed by atoms with Gasteiger partial charge in [0.15, 0.2) is 0 Å². The summed E-state index contributed by atoms with van der Waals surface area (Å²) in [6, 6.07) is -0.766. The van der Waals surface area contributed by atoms with Gasteiger partial charge in [-0.2, -0.15) is 0 Å². The first-order valence-corrected chi connectivity index (χ1v) is 14.7. The minimum Gasteiger partial charge on any atom is -0.467 e. The lowest BCUT2D eigenvalue weighted by atomic mass is 9.85. The van der Waals surface area contributed by atoms with Gasteiger partial charge in [0.05, 0.1) is 49.7 Å². The number of epoxide rings is 1. The Morgan fingerprint density at radius 2 is 1.90 bits per heavy atom. The van der Waals surface area contributed by atoms with E-state index in [4.69, 9.17) is 24.1 Å². The molecule has 2 heterocycles. The van der Waals surface area contributed by atoms with Crippen LogP contribution in [0.2, 0.25) is 0 Å². The van der Waals surface area contributed by atoms with Gasteiger partial charge in [-0.15, -0.1) is 0 Å². The van der Waals surface area contributed by atoms with Gasteiger partial charge in [0.25, 0.3) is 0 Å². The van der Waals surface area contributed by atoms with Crippen LogP contribution in [0.15, 0.2) is 23.8 Å². The van der Waals surface area contributed by atoms with Crippen molar-refractivity contribution in [1.29, 1.82) is 0 Å². The fourth-order valence-electron chi connectivity index (χ4n) is 6.17. The lowest BCUT2D eigenvalue weighted by Crippen LogP contribution is -2.44. The van der Waals surface area contributed by atoms with Crippen molar-refractivity contribution in [1.82, 2.24) is 5.32 Å². The molecule has 40 heavy (non-hydrogen) atoms. The molecule has 3 N–H and O–H groups in total. The van der Waals surface area contributed by atoms with E-state index in [1.807, 2.05) is 0 Å². The van der Waals surface area contributed by atoms with Crippen LogP contribution in [-0.2, 0) is 28.5 Å². The van der Waals surface area contributed by atoms with Crippen LogP contribution in [0.3, 0.4) is 0 Å². The first-order chi connectivity index (χ1) is 18.9. The molecule has 0 unspecified atom stereocenters. The van der Waals surface area contributed by atoms with E-state index in [0.29, 0.717) is 24.7 Å². The number of aliphatic hydroxyl groups is 2. The topological polar surface area (TPSA) is 127 Å². The van der Waals surface area contributed by atoms with Crippen LogP contribution in [0, 0.1) is 17.8 Å². The van der Waals surface area contributed by atoms with Crippen LogP contribution in [-0.4, -0.2) is 85.1 Å². The summed E-state index contributed by atoms with van der Waals surface area (Å²) in [5, 5.41) is 21.8. The molecule has 0 radical (unpaired) electrons. The highest BCUT2D eigenvalue weighted by Gasteiger charge is 2.56. The van der Waals surface area contributed by atoms with Gasteiger partial charge >= 0.3 is 5.97 Å². The van der Waals surface area contributed by atoms with Crippen LogP contribution in [0.5, 0.6) is 0 Å². The van der Waals surface area contributed by atoms with Crippen molar-refractivity contribution in [2.75, 3.05) is 20.8 Å². The smallest absolute Gasteiger partial charge is 0.328 e. The Hall–Kier alpha value is -1.78. The molecule has 9 heteroatoms. The van der Waals surface area contributed by atoms with E-state index >= 15 is 0 Å². The van der Waals surface area contributed by atoms with Crippen molar-refractivity contribution in [3.05, 3.63) is 23.8 Å². The minimum absolute atomic E-state index is 0.0565. The van der Waals surface area contributed by atoms with E-state index in [1.54, 1.807) is 14.0 Å². The summed E-state index contributed by atoms with van der Waals surface area (Å²) in [4.78, 5) is 24.6. The molecule has 0 aromatic rings. The third-order valence-corrected chi connectivity index (χ3v) is 8.34. The van der Waals surface area contributed by atoms with Crippen molar-refractivity contribution in [3.8, 4) is 0 Å². The maximum atomic E-state index is 12.7. The van der Waals surface area contributed by atoms with Crippen molar-refractivity contribution in [2.24, 2.45) is 17.8 Å². The Morgan fingerprint density at radius 3 is 2.50 bits per heavy atom. The largest absolute Gasteiger partial charge is 0.467 e. The summed E-state index contributed by atoms with van der Waals surface area (Å²) < 4.78 is 22.7. The van der Waals surface area contributed by atoms with E-state index in [-0.39, 0.29) is 54.9 Å². The van der Waals surface area contributed by atoms with E-state index in [0.717, 1.165) is 24.8 Å². The molecule has 0 aromatic carbocycles. The first kappa shape index (κ1) is 34.4. The number of esters is 1. The highest BCUT2D eigenvalue weighted by Crippen LogP contribution is 2.47. The molecule has 0 aromatic heterocycles. The maximum Gasteiger partial charge on any atom is 0.328 e. The Bertz CT molecular complexity index is 873. The van der Waals surface area contributed by atoms with Gasteiger partial charge in [-0.3, -0.25) is 4.79 Å². The van der Waals surface area contributed by atoms with Crippen molar-refractivity contribution in [2.45, 2.75) is 122 Å². The van der Waals surface area contributed by atoms with E-state index < -0.39 is 18.1 Å². The number of ether oxygens (including phenoxy) is 4. The summed E-state index contributed by atoms with van der Waals surface area (Å²) in [7, 11) is 2.91. The van der Waals surface area contributed by atoms with Gasteiger partial charge in [-0.1, -0.05) is 39.0 Å². The summed E-state index contributed by atoms with van der Waals surface area (Å²) in [6.45, 7) is 12.3. The molecule has 2 aliphatic rings. The normalized spacial score (nSPS) is 30.8. The summed E-state index contributed by atoms with van der Waals surface area (Å²) in [5.41, 5.74) is 0.879. The highest BCUT2D eigenvalue weighted by molar-refractivity contribution is 5.84. The SMILES string of the molecule is COC(=O)[C@H](CCCO)NC(=O)C[C@H]1CC[C@H](C)[C@@H](/C(C)=C/C=C/[C@@H](C)C[C@@]2(C)O[C@H]2[C@H](C)[C@@H](OC)[C@@H](C)O)O1. The zero-order valence-corrected chi connectivity index (χ0v) is 25.7.